The van der Waals surface area contributed by atoms with E-state index in [2.05, 4.69) is 22.6 Å². The van der Waals surface area contributed by atoms with Gasteiger partial charge in [0.15, 0.2) is 0 Å². The van der Waals surface area contributed by atoms with Gasteiger partial charge in [0.1, 0.15) is 5.75 Å². The van der Waals surface area contributed by atoms with Gasteiger partial charge in [0.2, 0.25) is 0 Å². The Morgan fingerprint density at radius 3 is 2.85 bits per heavy atom. The van der Waals surface area contributed by atoms with Crippen molar-refractivity contribution in [3.8, 4) is 5.75 Å². The van der Waals surface area contributed by atoms with E-state index in [-0.39, 0.29) is 6.61 Å². The summed E-state index contributed by atoms with van der Waals surface area (Å²) in [5, 5.41) is 8.56. The van der Waals surface area contributed by atoms with Crippen LogP contribution in [0.2, 0.25) is 0 Å². The Kier molecular flexibility index (Phi) is 4.31. The number of aliphatic hydroxyl groups excluding tert-OH is 1. The molecule has 13 heavy (non-hydrogen) atoms. The fourth-order valence-electron chi connectivity index (χ4n) is 0.881. The van der Waals surface area contributed by atoms with E-state index in [0.717, 1.165) is 15.0 Å². The topological polar surface area (TPSA) is 55.5 Å². The summed E-state index contributed by atoms with van der Waals surface area (Å²) < 4.78 is 6.40. The van der Waals surface area contributed by atoms with Crippen molar-refractivity contribution < 1.29 is 9.84 Å². The third-order valence-electron chi connectivity index (χ3n) is 1.52. The largest absolute Gasteiger partial charge is 0.492 e. The molecule has 0 bridgehead atoms. The predicted molar refractivity (Wildman–Crippen MR) is 60.8 cm³/mol. The van der Waals surface area contributed by atoms with Crippen LogP contribution in [0.1, 0.15) is 6.42 Å². The highest BCUT2D eigenvalue weighted by atomic mass is 127. The zero-order chi connectivity index (χ0) is 9.68. The number of hydrogen-bond acceptors (Lipinski definition) is 3. The molecule has 0 aromatic heterocycles. The minimum Gasteiger partial charge on any atom is -0.492 e. The zero-order valence-electron chi connectivity index (χ0n) is 7.16. The molecule has 0 fully saturated rings. The molecule has 0 spiro atoms. The van der Waals surface area contributed by atoms with Crippen molar-refractivity contribution in [2.45, 2.75) is 6.42 Å². The molecule has 0 atom stereocenters. The maximum absolute atomic E-state index is 8.56. The van der Waals surface area contributed by atoms with Crippen molar-refractivity contribution >= 4 is 28.3 Å². The molecular formula is C9H12INO2. The number of nitrogens with two attached hydrogens (primary N) is 1. The minimum absolute atomic E-state index is 0.158. The quantitative estimate of drug-likeness (QED) is 0.504. The molecule has 0 heterocycles. The standard InChI is InChI=1S/C9H12INO2/c10-8-6-7(11)2-3-9(8)13-5-1-4-12/h2-3,6,12H,1,4-5,11H2. The first-order chi connectivity index (χ1) is 6.24. The molecule has 0 saturated heterocycles. The van der Waals surface area contributed by atoms with E-state index < -0.39 is 0 Å². The summed E-state index contributed by atoms with van der Waals surface area (Å²) in [6.45, 7) is 0.696. The van der Waals surface area contributed by atoms with Crippen molar-refractivity contribution in [3.63, 3.8) is 0 Å². The summed E-state index contributed by atoms with van der Waals surface area (Å²) in [4.78, 5) is 0. The number of nitrogen functional groups attached to an aromatic ring is 1. The van der Waals surface area contributed by atoms with Crippen LogP contribution >= 0.6 is 22.6 Å². The SMILES string of the molecule is Nc1ccc(OCCCO)c(I)c1. The van der Waals surface area contributed by atoms with Crippen LogP contribution in [0.4, 0.5) is 5.69 Å². The van der Waals surface area contributed by atoms with Gasteiger partial charge in [-0.15, -0.1) is 0 Å². The van der Waals surface area contributed by atoms with Crippen molar-refractivity contribution in [1.82, 2.24) is 0 Å². The van der Waals surface area contributed by atoms with E-state index in [1.165, 1.54) is 0 Å². The lowest BCUT2D eigenvalue weighted by atomic mass is 10.3. The van der Waals surface area contributed by atoms with Crippen LogP contribution in [-0.4, -0.2) is 18.3 Å². The maximum Gasteiger partial charge on any atom is 0.132 e. The summed E-state index contributed by atoms with van der Waals surface area (Å²) in [6, 6.07) is 5.50. The molecule has 4 heteroatoms. The third kappa shape index (κ3) is 3.40. The number of anilines is 1. The second kappa shape index (κ2) is 5.29. The molecule has 0 aliphatic heterocycles. The Morgan fingerprint density at radius 1 is 1.46 bits per heavy atom. The van der Waals surface area contributed by atoms with Crippen LogP contribution in [0.5, 0.6) is 5.75 Å². The monoisotopic (exact) mass is 293 g/mol. The fourth-order valence-corrected chi connectivity index (χ4v) is 1.58. The van der Waals surface area contributed by atoms with Gasteiger partial charge in [0.05, 0.1) is 10.2 Å². The third-order valence-corrected chi connectivity index (χ3v) is 2.36. The van der Waals surface area contributed by atoms with Crippen molar-refractivity contribution in [3.05, 3.63) is 21.8 Å². The predicted octanol–water partition coefficient (Wildman–Crippen LogP) is 1.63. The van der Waals surface area contributed by atoms with Gasteiger partial charge < -0.3 is 15.6 Å². The second-order valence-electron chi connectivity index (χ2n) is 2.62. The highest BCUT2D eigenvalue weighted by Crippen LogP contribution is 2.22. The molecule has 0 amide bonds. The van der Waals surface area contributed by atoms with Gasteiger partial charge in [-0.05, 0) is 40.8 Å². The van der Waals surface area contributed by atoms with Crippen molar-refractivity contribution in [2.24, 2.45) is 0 Å². The van der Waals surface area contributed by atoms with E-state index in [1.54, 1.807) is 6.07 Å². The van der Waals surface area contributed by atoms with Crippen LogP contribution < -0.4 is 10.5 Å². The molecule has 0 unspecified atom stereocenters. The lowest BCUT2D eigenvalue weighted by Crippen LogP contribution is -2.01. The Hall–Kier alpha value is -0.490. The molecule has 1 aromatic rings. The van der Waals surface area contributed by atoms with Gasteiger partial charge in [0, 0.05) is 18.7 Å². The summed E-state index contributed by atoms with van der Waals surface area (Å²) >= 11 is 2.17. The molecule has 0 aliphatic rings. The molecule has 72 valence electrons. The normalized spacial score (nSPS) is 10.0. The number of hydrogen-bond donors (Lipinski definition) is 2. The van der Waals surface area contributed by atoms with Gasteiger partial charge >= 0.3 is 0 Å². The smallest absolute Gasteiger partial charge is 0.132 e. The first-order valence-corrected chi connectivity index (χ1v) is 5.10. The van der Waals surface area contributed by atoms with E-state index in [1.807, 2.05) is 12.1 Å². The molecular weight excluding hydrogens is 281 g/mol. The van der Waals surface area contributed by atoms with Crippen molar-refractivity contribution in [2.75, 3.05) is 18.9 Å². The average molecular weight is 293 g/mol. The number of aliphatic hydroxyl groups is 1. The van der Waals surface area contributed by atoms with E-state index in [9.17, 15) is 0 Å². The molecule has 3 nitrogen and oxygen atoms in total. The van der Waals surface area contributed by atoms with Gasteiger partial charge in [-0.3, -0.25) is 0 Å². The first kappa shape index (κ1) is 10.6. The van der Waals surface area contributed by atoms with Crippen LogP contribution in [0.15, 0.2) is 18.2 Å². The number of ether oxygens (including phenoxy) is 1. The minimum atomic E-state index is 0.158. The summed E-state index contributed by atoms with van der Waals surface area (Å²) in [7, 11) is 0. The lowest BCUT2D eigenvalue weighted by Gasteiger charge is -2.07. The molecule has 0 radical (unpaired) electrons. The van der Waals surface area contributed by atoms with Crippen LogP contribution in [-0.2, 0) is 0 Å². The maximum atomic E-state index is 8.56. The summed E-state index contributed by atoms with van der Waals surface area (Å²) in [5.41, 5.74) is 6.32. The van der Waals surface area contributed by atoms with Gasteiger partial charge in [-0.1, -0.05) is 0 Å². The first-order valence-electron chi connectivity index (χ1n) is 4.02. The van der Waals surface area contributed by atoms with Crippen LogP contribution in [0.3, 0.4) is 0 Å². The summed E-state index contributed by atoms with van der Waals surface area (Å²) in [5.74, 6) is 0.822. The van der Waals surface area contributed by atoms with E-state index >= 15 is 0 Å². The molecule has 1 rings (SSSR count). The highest BCUT2D eigenvalue weighted by Gasteiger charge is 2.00. The molecule has 3 N–H and O–H groups in total. The second-order valence-corrected chi connectivity index (χ2v) is 3.78. The van der Waals surface area contributed by atoms with E-state index in [4.69, 9.17) is 15.6 Å². The van der Waals surface area contributed by atoms with E-state index in [0.29, 0.717) is 13.0 Å². The highest BCUT2D eigenvalue weighted by molar-refractivity contribution is 14.1. The Labute approximate surface area is 91.0 Å². The Morgan fingerprint density at radius 2 is 2.23 bits per heavy atom. The van der Waals surface area contributed by atoms with Gasteiger partial charge in [-0.2, -0.15) is 0 Å². The Balaban J connectivity index is 2.56. The lowest BCUT2D eigenvalue weighted by molar-refractivity contribution is 0.233. The van der Waals surface area contributed by atoms with Gasteiger partial charge in [0.25, 0.3) is 0 Å². The fraction of sp³-hybridized carbons (Fsp3) is 0.333. The number of benzene rings is 1. The number of rotatable bonds is 4. The number of halogens is 1. The molecule has 1 aromatic carbocycles. The molecule has 0 aliphatic carbocycles. The van der Waals surface area contributed by atoms with Crippen molar-refractivity contribution in [1.29, 1.82) is 0 Å². The average Bonchev–Trinajstić information content (AvgIpc) is 2.09. The summed E-state index contributed by atoms with van der Waals surface area (Å²) in [6.07, 6.45) is 0.653. The molecule has 0 saturated carbocycles. The zero-order valence-corrected chi connectivity index (χ0v) is 9.32. The van der Waals surface area contributed by atoms with Crippen LogP contribution in [0, 0.1) is 3.57 Å². The van der Waals surface area contributed by atoms with Crippen LogP contribution in [0.25, 0.3) is 0 Å². The van der Waals surface area contributed by atoms with Gasteiger partial charge in [-0.25, -0.2) is 0 Å². The Bertz CT molecular complexity index is 278.